The van der Waals surface area contributed by atoms with Crippen molar-refractivity contribution in [2.45, 2.75) is 65.4 Å². The Hall–Kier alpha value is -1.41. The van der Waals surface area contributed by atoms with E-state index >= 15 is 0 Å². The highest BCUT2D eigenvalue weighted by atomic mass is 16.3. The van der Waals surface area contributed by atoms with E-state index in [0.29, 0.717) is 0 Å². The highest BCUT2D eigenvalue weighted by Gasteiger charge is 2.35. The summed E-state index contributed by atoms with van der Waals surface area (Å²) in [6, 6.07) is 6.22. The topological polar surface area (TPSA) is 32.6 Å². The second-order valence-electron chi connectivity index (χ2n) is 6.26. The lowest BCUT2D eigenvalue weighted by Gasteiger charge is -2.34. The summed E-state index contributed by atoms with van der Waals surface area (Å²) in [7, 11) is 0. The van der Waals surface area contributed by atoms with Gasteiger partial charge in [-0.1, -0.05) is 43.5 Å². The van der Waals surface area contributed by atoms with Crippen LogP contribution in [0.2, 0.25) is 0 Å². The first-order valence-corrected chi connectivity index (χ1v) is 7.99. The number of allylic oxidation sites excluding steroid dienone is 1. The van der Waals surface area contributed by atoms with Gasteiger partial charge in [-0.25, -0.2) is 4.99 Å². The molecular formula is C19H27NO. The minimum absolute atomic E-state index is 0.760. The third-order valence-corrected chi connectivity index (χ3v) is 4.59. The number of hydrogen-bond donors (Lipinski definition) is 1. The minimum atomic E-state index is -0.760. The summed E-state index contributed by atoms with van der Waals surface area (Å²) in [4.78, 5) is 4.92. The lowest BCUT2D eigenvalue weighted by Crippen LogP contribution is -2.41. The largest absolute Gasteiger partial charge is 0.384 e. The number of hydrogen-bond acceptors (Lipinski definition) is 2. The molecule has 1 saturated carbocycles. The van der Waals surface area contributed by atoms with Gasteiger partial charge in [0.25, 0.3) is 0 Å². The van der Waals surface area contributed by atoms with Gasteiger partial charge >= 0.3 is 0 Å². The maximum absolute atomic E-state index is 11.1. The van der Waals surface area contributed by atoms with Crippen LogP contribution in [0.4, 0.5) is 5.69 Å². The molecule has 0 aromatic heterocycles. The number of aryl methyl sites for hydroxylation is 2. The van der Waals surface area contributed by atoms with Crippen molar-refractivity contribution in [1.29, 1.82) is 0 Å². The third-order valence-electron chi connectivity index (χ3n) is 4.59. The molecule has 0 heterocycles. The number of rotatable bonds is 3. The van der Waals surface area contributed by atoms with Gasteiger partial charge in [0.1, 0.15) is 5.60 Å². The summed E-state index contributed by atoms with van der Waals surface area (Å²) in [6.45, 7) is 8.24. The number of nitrogens with zero attached hydrogens (tertiary/aromatic N) is 1. The molecule has 21 heavy (non-hydrogen) atoms. The second kappa shape index (κ2) is 6.57. The Morgan fingerprint density at radius 3 is 2.24 bits per heavy atom. The molecule has 0 radical (unpaired) electrons. The summed E-state index contributed by atoms with van der Waals surface area (Å²) < 4.78 is 0. The normalized spacial score (nSPS) is 19.7. The van der Waals surface area contributed by atoms with Crippen LogP contribution in [0.25, 0.3) is 0 Å². The summed E-state index contributed by atoms with van der Waals surface area (Å²) in [5.41, 5.74) is 4.52. The first-order valence-electron chi connectivity index (χ1n) is 7.99. The molecule has 1 aliphatic rings. The molecule has 0 spiro atoms. The Labute approximate surface area is 128 Å². The van der Waals surface area contributed by atoms with Crippen molar-refractivity contribution in [3.63, 3.8) is 0 Å². The van der Waals surface area contributed by atoms with Gasteiger partial charge in [-0.3, -0.25) is 0 Å². The van der Waals surface area contributed by atoms with Crippen LogP contribution in [0.3, 0.4) is 0 Å². The fourth-order valence-corrected chi connectivity index (χ4v) is 3.16. The molecule has 2 rings (SSSR count). The van der Waals surface area contributed by atoms with Crippen molar-refractivity contribution >= 4 is 11.4 Å². The predicted molar refractivity (Wildman–Crippen MR) is 90.5 cm³/mol. The lowest BCUT2D eigenvalue weighted by atomic mass is 9.79. The van der Waals surface area contributed by atoms with Crippen LogP contribution < -0.4 is 0 Å². The van der Waals surface area contributed by atoms with Gasteiger partial charge in [0.2, 0.25) is 0 Å². The van der Waals surface area contributed by atoms with Gasteiger partial charge in [-0.2, -0.15) is 0 Å². The molecule has 1 fully saturated rings. The molecule has 0 unspecified atom stereocenters. The van der Waals surface area contributed by atoms with E-state index in [4.69, 9.17) is 4.99 Å². The fraction of sp³-hybridized carbons (Fsp3) is 0.526. The number of benzene rings is 1. The van der Waals surface area contributed by atoms with E-state index in [1.807, 2.05) is 6.92 Å². The van der Waals surface area contributed by atoms with Gasteiger partial charge in [-0.05, 0) is 57.2 Å². The summed E-state index contributed by atoms with van der Waals surface area (Å²) in [5, 5.41) is 11.1. The van der Waals surface area contributed by atoms with Gasteiger partial charge in [0.15, 0.2) is 0 Å². The standard InChI is InChI=1S/C19H27NO/c1-5-14(2)18(19(21)12-7-6-8-13-19)20-17-15(3)10-9-11-16(17)4/h5,9-11,21H,6-8,12-13H2,1-4H3/b14-5+,20-18?. The van der Waals surface area contributed by atoms with Crippen LogP contribution in [0.15, 0.2) is 34.8 Å². The van der Waals surface area contributed by atoms with Gasteiger partial charge in [0, 0.05) is 0 Å². The molecule has 0 bridgehead atoms. The van der Waals surface area contributed by atoms with Crippen molar-refractivity contribution in [2.75, 3.05) is 0 Å². The molecule has 1 aromatic rings. The average molecular weight is 285 g/mol. The summed E-state index contributed by atoms with van der Waals surface area (Å²) >= 11 is 0. The Kier molecular flexibility index (Phi) is 5.00. The average Bonchev–Trinajstić information content (AvgIpc) is 2.47. The zero-order valence-electron chi connectivity index (χ0n) is 13.7. The molecule has 2 nitrogen and oxygen atoms in total. The highest BCUT2D eigenvalue weighted by Crippen LogP contribution is 2.34. The second-order valence-corrected chi connectivity index (χ2v) is 6.26. The van der Waals surface area contributed by atoms with E-state index in [1.54, 1.807) is 0 Å². The highest BCUT2D eigenvalue weighted by molar-refractivity contribution is 6.07. The van der Waals surface area contributed by atoms with Crippen LogP contribution in [0, 0.1) is 13.8 Å². The van der Waals surface area contributed by atoms with Crippen LogP contribution in [0.1, 0.15) is 57.1 Å². The monoisotopic (exact) mass is 285 g/mol. The Morgan fingerprint density at radius 1 is 1.14 bits per heavy atom. The van der Waals surface area contributed by atoms with Gasteiger partial charge < -0.3 is 5.11 Å². The molecule has 0 saturated heterocycles. The summed E-state index contributed by atoms with van der Waals surface area (Å²) in [5.74, 6) is 0. The van der Waals surface area contributed by atoms with Crippen molar-refractivity contribution < 1.29 is 5.11 Å². The Balaban J connectivity index is 2.53. The van der Waals surface area contributed by atoms with Crippen molar-refractivity contribution in [2.24, 2.45) is 4.99 Å². The molecule has 0 aliphatic heterocycles. The lowest BCUT2D eigenvalue weighted by molar-refractivity contribution is 0.0713. The first-order chi connectivity index (χ1) is 9.98. The Morgan fingerprint density at radius 2 is 1.71 bits per heavy atom. The third kappa shape index (κ3) is 3.44. The minimum Gasteiger partial charge on any atom is -0.384 e. The maximum Gasteiger partial charge on any atom is 0.107 e. The van der Waals surface area contributed by atoms with E-state index < -0.39 is 5.60 Å². The van der Waals surface area contributed by atoms with Crippen molar-refractivity contribution in [3.8, 4) is 0 Å². The van der Waals surface area contributed by atoms with E-state index in [0.717, 1.165) is 53.8 Å². The smallest absolute Gasteiger partial charge is 0.107 e. The molecule has 114 valence electrons. The van der Waals surface area contributed by atoms with E-state index in [1.165, 1.54) is 6.42 Å². The Bertz CT molecular complexity index is 543. The van der Waals surface area contributed by atoms with E-state index in [2.05, 4.69) is 45.0 Å². The molecule has 1 aliphatic carbocycles. The fourth-order valence-electron chi connectivity index (χ4n) is 3.16. The van der Waals surface area contributed by atoms with Crippen molar-refractivity contribution in [1.82, 2.24) is 0 Å². The summed E-state index contributed by atoms with van der Waals surface area (Å²) in [6.07, 6.45) is 7.08. The first kappa shape index (κ1) is 16.0. The molecule has 1 aromatic carbocycles. The van der Waals surface area contributed by atoms with E-state index in [9.17, 15) is 5.11 Å². The van der Waals surface area contributed by atoms with Crippen LogP contribution in [-0.2, 0) is 0 Å². The number of aliphatic hydroxyl groups is 1. The van der Waals surface area contributed by atoms with Gasteiger partial charge in [0.05, 0.1) is 11.4 Å². The van der Waals surface area contributed by atoms with Crippen LogP contribution >= 0.6 is 0 Å². The molecule has 0 amide bonds. The predicted octanol–water partition coefficient (Wildman–Crippen LogP) is 5.04. The van der Waals surface area contributed by atoms with Crippen molar-refractivity contribution in [3.05, 3.63) is 41.0 Å². The number of para-hydroxylation sites is 1. The van der Waals surface area contributed by atoms with E-state index in [-0.39, 0.29) is 0 Å². The van der Waals surface area contributed by atoms with Crippen LogP contribution in [0.5, 0.6) is 0 Å². The SMILES string of the molecule is C/C=C(\C)C(=Nc1c(C)cccc1C)C1(O)CCCCC1. The zero-order valence-corrected chi connectivity index (χ0v) is 13.7. The molecule has 0 atom stereocenters. The van der Waals surface area contributed by atoms with Crippen LogP contribution in [-0.4, -0.2) is 16.4 Å². The maximum atomic E-state index is 11.1. The molecular weight excluding hydrogens is 258 g/mol. The number of aliphatic imine (C=N–C) groups is 1. The van der Waals surface area contributed by atoms with Gasteiger partial charge in [-0.15, -0.1) is 0 Å². The zero-order chi connectivity index (χ0) is 15.5. The quantitative estimate of drug-likeness (QED) is 0.775. The molecule has 1 N–H and O–H groups in total. The molecule has 2 heteroatoms.